The summed E-state index contributed by atoms with van der Waals surface area (Å²) in [5.74, 6) is 3.22. The smallest absolute Gasteiger partial charge is 0.274 e. The molecule has 0 spiro atoms. The van der Waals surface area contributed by atoms with E-state index in [2.05, 4.69) is 113 Å². The minimum absolute atomic E-state index is 0.0526. The molecule has 0 heterocycles. The van der Waals surface area contributed by atoms with Crippen LogP contribution in [0.3, 0.4) is 0 Å². The molecular formula is C47H62INO7. The molecule has 0 N–H and O–H groups in total. The highest BCUT2D eigenvalue weighted by Crippen LogP contribution is 2.19. The Labute approximate surface area is 350 Å². The maximum atomic E-state index is 10.6. The largest absolute Gasteiger partial charge is 0.481 e. The lowest BCUT2D eigenvalue weighted by molar-refractivity contribution is -0.386. The molecule has 8 nitrogen and oxygen atoms in total. The summed E-state index contributed by atoms with van der Waals surface area (Å²) in [5.41, 5.74) is 5.32. The topological polar surface area (TPSA) is 89.3 Å². The molecule has 0 saturated carbocycles. The van der Waals surface area contributed by atoms with Crippen molar-refractivity contribution in [1.82, 2.24) is 0 Å². The van der Waals surface area contributed by atoms with Crippen molar-refractivity contribution in [3.8, 4) is 18.1 Å². The molecule has 0 bridgehead atoms. The fourth-order valence-corrected chi connectivity index (χ4v) is 4.43. The van der Waals surface area contributed by atoms with Crippen molar-refractivity contribution in [2.75, 3.05) is 6.61 Å². The molecule has 4 aromatic rings. The van der Waals surface area contributed by atoms with Crippen LogP contribution < -0.4 is 4.74 Å². The van der Waals surface area contributed by atoms with Gasteiger partial charge in [-0.3, -0.25) is 10.1 Å². The summed E-state index contributed by atoms with van der Waals surface area (Å²) in [6, 6.07) is 31.0. The first-order valence-corrected chi connectivity index (χ1v) is 19.7. The van der Waals surface area contributed by atoms with Crippen molar-refractivity contribution in [1.29, 1.82) is 0 Å². The van der Waals surface area contributed by atoms with E-state index in [1.165, 1.54) is 20.8 Å². The second kappa shape index (κ2) is 26.7. The van der Waals surface area contributed by atoms with E-state index in [0.717, 1.165) is 16.9 Å². The number of nitro groups is 1. The van der Waals surface area contributed by atoms with Crippen LogP contribution in [0.15, 0.2) is 104 Å². The normalized spacial score (nSPS) is 10.9. The monoisotopic (exact) mass is 879 g/mol. The zero-order chi connectivity index (χ0) is 42.1. The average molecular weight is 880 g/mol. The molecular weight excluding hydrogens is 817 g/mol. The van der Waals surface area contributed by atoms with E-state index in [0.29, 0.717) is 32.0 Å². The van der Waals surface area contributed by atoms with Gasteiger partial charge in [-0.25, -0.2) is 0 Å². The predicted octanol–water partition coefficient (Wildman–Crippen LogP) is 12.4. The van der Waals surface area contributed by atoms with E-state index >= 15 is 0 Å². The van der Waals surface area contributed by atoms with Crippen LogP contribution in [0.25, 0.3) is 6.08 Å². The minimum Gasteiger partial charge on any atom is -0.481 e. The van der Waals surface area contributed by atoms with Crippen molar-refractivity contribution < 1.29 is 28.6 Å². The lowest BCUT2D eigenvalue weighted by Crippen LogP contribution is -2.18. The van der Waals surface area contributed by atoms with E-state index < -0.39 is 0 Å². The molecule has 9 heteroatoms. The summed E-state index contributed by atoms with van der Waals surface area (Å²) in [6.45, 7) is 26.5. The van der Waals surface area contributed by atoms with Crippen LogP contribution in [0, 0.1) is 26.0 Å². The number of nitrogens with zero attached hydrogens (tertiary/aromatic N) is 1. The van der Waals surface area contributed by atoms with Gasteiger partial charge in [0.2, 0.25) is 0 Å². The van der Waals surface area contributed by atoms with Crippen LogP contribution in [-0.2, 0) is 45.4 Å². The van der Waals surface area contributed by atoms with Crippen LogP contribution in [0.4, 0.5) is 5.69 Å². The molecule has 0 amide bonds. The Morgan fingerprint density at radius 3 is 1.61 bits per heavy atom. The SMILES string of the molecule is C#CCOc1ccc(COC(C)C)cc1.C=Cc1ccc(COC(C)(C)C)cc1.CC(C)(C)OCc1ccc(I)cc1.CC(C)OCc1ccccc1[N+](=O)[O-]. The third-order valence-corrected chi connectivity index (χ3v) is 7.78. The lowest BCUT2D eigenvalue weighted by atomic mass is 10.1. The lowest BCUT2D eigenvalue weighted by Gasteiger charge is -2.19. The van der Waals surface area contributed by atoms with Crippen molar-refractivity contribution in [3.05, 3.63) is 145 Å². The third-order valence-electron chi connectivity index (χ3n) is 7.06. The van der Waals surface area contributed by atoms with Gasteiger partial charge in [-0.15, -0.1) is 6.42 Å². The van der Waals surface area contributed by atoms with E-state index in [-0.39, 0.29) is 40.6 Å². The first-order valence-electron chi connectivity index (χ1n) is 18.7. The van der Waals surface area contributed by atoms with Gasteiger partial charge in [0, 0.05) is 9.64 Å². The van der Waals surface area contributed by atoms with Crippen molar-refractivity contribution >= 4 is 34.4 Å². The molecule has 0 aliphatic heterocycles. The molecule has 0 unspecified atom stereocenters. The number of hydrogen-bond acceptors (Lipinski definition) is 7. The molecule has 0 aliphatic rings. The highest BCUT2D eigenvalue weighted by Gasteiger charge is 2.13. The Hall–Kier alpha value is -4.05. The van der Waals surface area contributed by atoms with Gasteiger partial charge in [-0.05, 0) is 144 Å². The number of para-hydroxylation sites is 1. The fourth-order valence-electron chi connectivity index (χ4n) is 4.07. The summed E-state index contributed by atoms with van der Waals surface area (Å²) in [5, 5.41) is 10.6. The summed E-state index contributed by atoms with van der Waals surface area (Å²) in [4.78, 5) is 10.2. The Bertz CT molecular complexity index is 1720. The van der Waals surface area contributed by atoms with E-state index in [4.69, 9.17) is 30.1 Å². The quantitative estimate of drug-likeness (QED) is 0.0539. The predicted molar refractivity (Wildman–Crippen MR) is 238 cm³/mol. The molecule has 0 radical (unpaired) electrons. The van der Waals surface area contributed by atoms with Crippen molar-refractivity contribution in [2.24, 2.45) is 0 Å². The number of nitro benzene ring substituents is 1. The Morgan fingerprint density at radius 1 is 0.714 bits per heavy atom. The van der Waals surface area contributed by atoms with Gasteiger partial charge in [0.1, 0.15) is 12.4 Å². The number of hydrogen-bond donors (Lipinski definition) is 0. The van der Waals surface area contributed by atoms with Gasteiger partial charge in [-0.2, -0.15) is 0 Å². The second-order valence-electron chi connectivity index (χ2n) is 15.1. The summed E-state index contributed by atoms with van der Waals surface area (Å²) in [7, 11) is 0. The minimum atomic E-state index is -0.390. The number of rotatable bonds is 14. The highest BCUT2D eigenvalue weighted by atomic mass is 127. The number of ether oxygens (including phenoxy) is 5. The molecule has 0 atom stereocenters. The Kier molecular flexibility index (Phi) is 23.9. The maximum absolute atomic E-state index is 10.6. The molecule has 0 fully saturated rings. The van der Waals surface area contributed by atoms with Crippen molar-refractivity contribution in [2.45, 2.75) is 119 Å². The Morgan fingerprint density at radius 2 is 1.16 bits per heavy atom. The summed E-state index contributed by atoms with van der Waals surface area (Å²) >= 11 is 2.30. The van der Waals surface area contributed by atoms with Crippen LogP contribution in [0.1, 0.15) is 97.1 Å². The van der Waals surface area contributed by atoms with Crippen LogP contribution in [-0.4, -0.2) is 34.9 Å². The Balaban J connectivity index is 0.000000374. The molecule has 4 rings (SSSR count). The molecule has 0 saturated heterocycles. The summed E-state index contributed by atoms with van der Waals surface area (Å²) < 4.78 is 28.6. The number of terminal acetylenes is 1. The molecule has 0 aromatic heterocycles. The van der Waals surface area contributed by atoms with Crippen LogP contribution in [0.5, 0.6) is 5.75 Å². The first-order chi connectivity index (χ1) is 26.3. The molecule has 56 heavy (non-hydrogen) atoms. The first kappa shape index (κ1) is 50.0. The maximum Gasteiger partial charge on any atom is 0.274 e. The average Bonchev–Trinajstić information content (AvgIpc) is 3.15. The van der Waals surface area contributed by atoms with Gasteiger partial charge >= 0.3 is 0 Å². The van der Waals surface area contributed by atoms with Gasteiger partial charge < -0.3 is 23.7 Å². The van der Waals surface area contributed by atoms with Gasteiger partial charge in [0.05, 0.1) is 60.3 Å². The second-order valence-corrected chi connectivity index (χ2v) is 16.4. The highest BCUT2D eigenvalue weighted by molar-refractivity contribution is 14.1. The standard InChI is InChI=1S/C13H16O2.C13H18O.C11H15IO.C10H13NO3/c1-4-9-14-13-7-5-12(6-8-13)10-15-11(2)3;1-5-11-6-8-12(9-7-11)10-14-13(2,3)4;1-11(2,3)13-8-9-4-6-10(12)7-5-9;1-8(2)14-7-9-5-3-4-6-10(9)11(12)13/h1,5-8,11H,9-10H2,2-3H3;5-9H,1,10H2,2-4H3;4-7H,8H2,1-3H3;3-6,8H,7H2,1-2H3. The molecule has 4 aromatic carbocycles. The van der Waals surface area contributed by atoms with Crippen LogP contribution in [0.2, 0.25) is 0 Å². The van der Waals surface area contributed by atoms with E-state index in [1.54, 1.807) is 18.2 Å². The third kappa shape index (κ3) is 25.2. The zero-order valence-electron chi connectivity index (χ0n) is 35.0. The molecule has 0 aliphatic carbocycles. The van der Waals surface area contributed by atoms with Gasteiger partial charge in [0.25, 0.3) is 5.69 Å². The molecule has 304 valence electrons. The van der Waals surface area contributed by atoms with Crippen LogP contribution >= 0.6 is 22.6 Å². The van der Waals surface area contributed by atoms with Crippen molar-refractivity contribution in [3.63, 3.8) is 0 Å². The van der Waals surface area contributed by atoms with E-state index in [9.17, 15) is 10.1 Å². The zero-order valence-corrected chi connectivity index (χ0v) is 37.1. The van der Waals surface area contributed by atoms with Gasteiger partial charge in [-0.1, -0.05) is 79.2 Å². The summed E-state index contributed by atoms with van der Waals surface area (Å²) in [6.07, 6.45) is 7.26. The van der Waals surface area contributed by atoms with Gasteiger partial charge in [0.15, 0.2) is 0 Å². The number of halogens is 1. The number of benzene rings is 4. The fraction of sp³-hybridized carbons (Fsp3) is 0.404. The van der Waals surface area contributed by atoms with E-state index in [1.807, 2.05) is 70.2 Å².